The van der Waals surface area contributed by atoms with E-state index in [4.69, 9.17) is 0 Å². The predicted molar refractivity (Wildman–Crippen MR) is 86.4 cm³/mol. The Hall–Kier alpha value is -1.84. The van der Waals surface area contributed by atoms with Crippen LogP contribution in [0, 0.1) is 0 Å². The molecule has 4 nitrogen and oxygen atoms in total. The molecule has 0 aliphatic rings. The summed E-state index contributed by atoms with van der Waals surface area (Å²) < 4.78 is 2.13. The molecule has 0 saturated heterocycles. The second kappa shape index (κ2) is 6.29. The van der Waals surface area contributed by atoms with Crippen molar-refractivity contribution in [3.63, 3.8) is 0 Å². The maximum Gasteiger partial charge on any atom is 0.224 e. The van der Waals surface area contributed by atoms with Crippen molar-refractivity contribution in [1.29, 1.82) is 0 Å². The second-order valence-corrected chi connectivity index (χ2v) is 6.06. The summed E-state index contributed by atoms with van der Waals surface area (Å²) >= 11 is 0. The number of benzene rings is 1. The van der Waals surface area contributed by atoms with Gasteiger partial charge >= 0.3 is 0 Å². The van der Waals surface area contributed by atoms with Crippen molar-refractivity contribution in [2.45, 2.75) is 52.5 Å². The number of amides is 1. The van der Waals surface area contributed by atoms with E-state index in [0.29, 0.717) is 12.3 Å². The third-order valence-corrected chi connectivity index (χ3v) is 3.88. The molecular weight excluding hydrogens is 262 g/mol. The quantitative estimate of drug-likeness (QED) is 0.918. The van der Waals surface area contributed by atoms with Crippen molar-refractivity contribution in [3.05, 3.63) is 29.6 Å². The average Bonchev–Trinajstić information content (AvgIpc) is 2.75. The molecule has 1 aromatic carbocycles. The molecule has 2 aromatic rings. The summed E-state index contributed by atoms with van der Waals surface area (Å²) in [4.78, 5) is 16.6. The Morgan fingerprint density at radius 3 is 2.67 bits per heavy atom. The van der Waals surface area contributed by atoms with Crippen LogP contribution in [0.15, 0.2) is 18.2 Å². The fraction of sp³-hybridized carbons (Fsp3) is 0.529. The first kappa shape index (κ1) is 15.5. The monoisotopic (exact) mass is 287 g/mol. The third-order valence-electron chi connectivity index (χ3n) is 3.88. The molecule has 2 rings (SSSR count). The Morgan fingerprint density at radius 2 is 2.05 bits per heavy atom. The van der Waals surface area contributed by atoms with Crippen molar-refractivity contribution in [3.8, 4) is 0 Å². The molecule has 0 aliphatic heterocycles. The lowest BCUT2D eigenvalue weighted by molar-refractivity contribution is -0.121. The van der Waals surface area contributed by atoms with E-state index in [1.165, 1.54) is 0 Å². The Balaban J connectivity index is 2.21. The Kier molecular flexibility index (Phi) is 4.66. The number of hydrogen-bond acceptors (Lipinski definition) is 2. The number of rotatable bonds is 5. The van der Waals surface area contributed by atoms with Gasteiger partial charge in [0, 0.05) is 19.0 Å². The van der Waals surface area contributed by atoms with Gasteiger partial charge in [0.15, 0.2) is 0 Å². The van der Waals surface area contributed by atoms with Crippen molar-refractivity contribution in [1.82, 2.24) is 14.9 Å². The molecule has 1 atom stereocenters. The number of fused-ring (bicyclic) bond motifs is 1. The molecule has 0 fully saturated rings. The molecule has 0 bridgehead atoms. The number of aromatic nitrogens is 2. The maximum atomic E-state index is 12.0. The number of carbonyl (C=O) groups is 1. The van der Waals surface area contributed by atoms with E-state index in [-0.39, 0.29) is 11.9 Å². The summed E-state index contributed by atoms with van der Waals surface area (Å²) in [5, 5.41) is 3.00. The minimum atomic E-state index is 0.0729. The van der Waals surface area contributed by atoms with Gasteiger partial charge < -0.3 is 9.88 Å². The normalized spacial score (nSPS) is 12.9. The topological polar surface area (TPSA) is 46.9 Å². The number of imidazole rings is 1. The maximum absolute atomic E-state index is 12.0. The lowest BCUT2D eigenvalue weighted by Crippen LogP contribution is -2.33. The number of aryl methyl sites for hydroxylation is 1. The largest absolute Gasteiger partial charge is 0.353 e. The Labute approximate surface area is 126 Å². The molecule has 4 heteroatoms. The van der Waals surface area contributed by atoms with Gasteiger partial charge in [0.25, 0.3) is 0 Å². The van der Waals surface area contributed by atoms with Crippen LogP contribution in [0.3, 0.4) is 0 Å². The van der Waals surface area contributed by atoms with Crippen LogP contribution in [0.5, 0.6) is 0 Å². The van der Waals surface area contributed by atoms with Crippen LogP contribution in [-0.2, 0) is 18.3 Å². The fourth-order valence-electron chi connectivity index (χ4n) is 2.50. The number of carbonyl (C=O) groups excluding carboxylic acids is 1. The SMILES string of the molecule is CCC(C)NC(=O)Cc1ccc2c(c1)nc(C(C)C)n2C. The van der Waals surface area contributed by atoms with Gasteiger partial charge in [-0.25, -0.2) is 4.98 Å². The van der Waals surface area contributed by atoms with Gasteiger partial charge in [0.1, 0.15) is 5.82 Å². The van der Waals surface area contributed by atoms with Gasteiger partial charge in [-0.1, -0.05) is 26.8 Å². The van der Waals surface area contributed by atoms with Gasteiger partial charge in [0.05, 0.1) is 17.5 Å². The van der Waals surface area contributed by atoms with Crippen molar-refractivity contribution in [2.75, 3.05) is 0 Å². The standard InChI is InChI=1S/C17H25N3O/c1-6-12(4)18-16(21)10-13-7-8-15-14(9-13)19-17(11(2)3)20(15)5/h7-9,11-12H,6,10H2,1-5H3,(H,18,21). The summed E-state index contributed by atoms with van der Waals surface area (Å²) in [6.07, 6.45) is 1.36. The van der Waals surface area contributed by atoms with Crippen LogP contribution in [0.1, 0.15) is 51.4 Å². The van der Waals surface area contributed by atoms with E-state index in [0.717, 1.165) is 28.8 Å². The van der Waals surface area contributed by atoms with Gasteiger partial charge in [-0.2, -0.15) is 0 Å². The molecule has 0 spiro atoms. The number of nitrogens with one attached hydrogen (secondary N) is 1. The van der Waals surface area contributed by atoms with Crippen LogP contribution >= 0.6 is 0 Å². The number of hydrogen-bond donors (Lipinski definition) is 1. The van der Waals surface area contributed by atoms with E-state index >= 15 is 0 Å². The lowest BCUT2D eigenvalue weighted by Gasteiger charge is -2.11. The number of nitrogens with zero attached hydrogens (tertiary/aromatic N) is 2. The highest BCUT2D eigenvalue weighted by Gasteiger charge is 2.12. The molecule has 21 heavy (non-hydrogen) atoms. The summed E-state index contributed by atoms with van der Waals surface area (Å²) in [5.41, 5.74) is 3.09. The van der Waals surface area contributed by atoms with Crippen LogP contribution in [0.4, 0.5) is 0 Å². The zero-order chi connectivity index (χ0) is 15.6. The second-order valence-electron chi connectivity index (χ2n) is 6.06. The zero-order valence-electron chi connectivity index (χ0n) is 13.6. The van der Waals surface area contributed by atoms with E-state index in [2.05, 4.69) is 41.7 Å². The first-order chi connectivity index (χ1) is 9.92. The molecule has 114 valence electrons. The minimum Gasteiger partial charge on any atom is -0.353 e. The van der Waals surface area contributed by atoms with E-state index in [1.807, 2.05) is 26.1 Å². The Bertz CT molecular complexity index is 643. The first-order valence-corrected chi connectivity index (χ1v) is 7.67. The highest BCUT2D eigenvalue weighted by Crippen LogP contribution is 2.21. The Morgan fingerprint density at radius 1 is 1.33 bits per heavy atom. The van der Waals surface area contributed by atoms with Crippen LogP contribution in [-0.4, -0.2) is 21.5 Å². The molecule has 1 unspecified atom stereocenters. The summed E-state index contributed by atoms with van der Waals surface area (Å²) in [6.45, 7) is 8.37. The average molecular weight is 287 g/mol. The van der Waals surface area contributed by atoms with E-state index in [9.17, 15) is 4.79 Å². The van der Waals surface area contributed by atoms with Gasteiger partial charge in [0.2, 0.25) is 5.91 Å². The first-order valence-electron chi connectivity index (χ1n) is 7.67. The van der Waals surface area contributed by atoms with Crippen LogP contribution < -0.4 is 5.32 Å². The molecule has 1 aromatic heterocycles. The molecule has 1 heterocycles. The fourth-order valence-corrected chi connectivity index (χ4v) is 2.50. The zero-order valence-corrected chi connectivity index (χ0v) is 13.6. The predicted octanol–water partition coefficient (Wildman–Crippen LogP) is 3.15. The van der Waals surface area contributed by atoms with E-state index in [1.54, 1.807) is 0 Å². The molecule has 0 aliphatic carbocycles. The van der Waals surface area contributed by atoms with Crippen LogP contribution in [0.2, 0.25) is 0 Å². The van der Waals surface area contributed by atoms with E-state index < -0.39 is 0 Å². The minimum absolute atomic E-state index is 0.0729. The molecule has 0 radical (unpaired) electrons. The smallest absolute Gasteiger partial charge is 0.224 e. The summed E-state index contributed by atoms with van der Waals surface area (Å²) in [7, 11) is 2.04. The molecule has 0 saturated carbocycles. The van der Waals surface area contributed by atoms with Crippen LogP contribution in [0.25, 0.3) is 11.0 Å². The van der Waals surface area contributed by atoms with Gasteiger partial charge in [-0.3, -0.25) is 4.79 Å². The lowest BCUT2D eigenvalue weighted by atomic mass is 10.1. The molecule has 1 N–H and O–H groups in total. The molecular formula is C17H25N3O. The summed E-state index contributed by atoms with van der Waals surface area (Å²) in [6, 6.07) is 6.32. The van der Waals surface area contributed by atoms with Crippen molar-refractivity contribution >= 4 is 16.9 Å². The van der Waals surface area contributed by atoms with Gasteiger partial charge in [-0.15, -0.1) is 0 Å². The highest BCUT2D eigenvalue weighted by molar-refractivity contribution is 5.82. The highest BCUT2D eigenvalue weighted by atomic mass is 16.1. The van der Waals surface area contributed by atoms with Gasteiger partial charge in [-0.05, 0) is 31.0 Å². The third kappa shape index (κ3) is 3.43. The molecule has 1 amide bonds. The van der Waals surface area contributed by atoms with Crippen molar-refractivity contribution < 1.29 is 4.79 Å². The van der Waals surface area contributed by atoms with Crippen molar-refractivity contribution in [2.24, 2.45) is 7.05 Å². The summed E-state index contributed by atoms with van der Waals surface area (Å²) in [5.74, 6) is 1.54.